The lowest BCUT2D eigenvalue weighted by molar-refractivity contribution is 0.0333. The molecule has 1 fully saturated rings. The first-order valence-corrected chi connectivity index (χ1v) is 13.3. The molecule has 1 amide bonds. The van der Waals surface area contributed by atoms with E-state index in [-0.39, 0.29) is 6.61 Å². The Morgan fingerprint density at radius 1 is 1.14 bits per heavy atom. The number of hydrogen-bond acceptors (Lipinski definition) is 8. The van der Waals surface area contributed by atoms with E-state index < -0.39 is 27.2 Å². The predicted molar refractivity (Wildman–Crippen MR) is 138 cm³/mol. The minimum atomic E-state index is -0.865. The normalized spacial score (nSPS) is 16.2. The summed E-state index contributed by atoms with van der Waals surface area (Å²) in [6.07, 6.45) is -0.435. The summed E-state index contributed by atoms with van der Waals surface area (Å²) >= 11 is 5.59. The number of carbonyl (C=O) groups is 1. The quantitative estimate of drug-likeness (QED) is 0.372. The van der Waals surface area contributed by atoms with Crippen LogP contribution in [0.5, 0.6) is 11.5 Å². The molecule has 0 unspecified atom stereocenters. The van der Waals surface area contributed by atoms with Gasteiger partial charge in [-0.25, -0.2) is 9.78 Å². The molecule has 2 aliphatic heterocycles. The van der Waals surface area contributed by atoms with Gasteiger partial charge in [-0.1, -0.05) is 11.6 Å². The molecule has 2 aromatic carbocycles. The van der Waals surface area contributed by atoms with E-state index in [1.807, 2.05) is 36.4 Å². The second-order valence-corrected chi connectivity index (χ2v) is 10.2. The van der Waals surface area contributed by atoms with Gasteiger partial charge < -0.3 is 21.7 Å². The lowest BCUT2D eigenvalue weighted by Gasteiger charge is -2.25. The maximum atomic E-state index is 11.3. The molecule has 1 aromatic heterocycles. The molecule has 0 spiro atoms. The molecule has 0 bridgehead atoms. The molecule has 0 radical (unpaired) electrons. The van der Waals surface area contributed by atoms with Crippen LogP contribution in [0.15, 0.2) is 46.9 Å². The fourth-order valence-electron chi connectivity index (χ4n) is 3.67. The molecule has 5 rings (SSSR count). The van der Waals surface area contributed by atoms with Crippen molar-refractivity contribution in [1.82, 2.24) is 15.2 Å². The third-order valence-electron chi connectivity index (χ3n) is 5.54. The largest absolute Gasteiger partial charge is 0.497 e. The first-order valence-electron chi connectivity index (χ1n) is 10.9. The fraction of sp³-hybridized carbons (Fsp3) is 0.292. The second-order valence-electron chi connectivity index (χ2n) is 7.82. The number of benzene rings is 2. The van der Waals surface area contributed by atoms with E-state index in [4.69, 9.17) is 38.3 Å². The minimum absolute atomic E-state index is 0.196. The Morgan fingerprint density at radius 2 is 1.91 bits per heavy atom. The molecule has 11 heteroatoms. The van der Waals surface area contributed by atoms with Crippen molar-refractivity contribution in [2.24, 2.45) is 0 Å². The summed E-state index contributed by atoms with van der Waals surface area (Å²) in [7, 11) is 1.63. The third kappa shape index (κ3) is 5.77. The predicted octanol–water partition coefficient (Wildman–Crippen LogP) is 4.52. The Bertz CT molecular complexity index is 1240. The summed E-state index contributed by atoms with van der Waals surface area (Å²) in [6, 6.07) is 12.9. The van der Waals surface area contributed by atoms with Gasteiger partial charge in [0.15, 0.2) is 5.76 Å². The fourth-order valence-corrected chi connectivity index (χ4v) is 5.66. The Balaban J connectivity index is 1.34. The average Bonchev–Trinajstić information content (AvgIpc) is 3.49. The number of methoxy groups -OCH3 is 1. The Kier molecular flexibility index (Phi) is 7.51. The smallest absolute Gasteiger partial charge is 0.421 e. The van der Waals surface area contributed by atoms with Crippen LogP contribution in [-0.4, -0.2) is 53.0 Å². The molecule has 3 heterocycles. The summed E-state index contributed by atoms with van der Waals surface area (Å²) in [6.45, 7) is 3.91. The van der Waals surface area contributed by atoms with Crippen LogP contribution in [0.1, 0.15) is 17.0 Å². The number of nitrogens with zero attached hydrogens (tertiary/aromatic N) is 2. The van der Waals surface area contributed by atoms with Crippen molar-refractivity contribution >= 4 is 42.5 Å². The van der Waals surface area contributed by atoms with Gasteiger partial charge in [-0.05, 0) is 42.5 Å². The second kappa shape index (κ2) is 10.9. The number of ether oxygens (including phenoxy) is 3. The lowest BCUT2D eigenvalue weighted by Crippen LogP contribution is -2.36. The average molecular weight is 612 g/mol. The van der Waals surface area contributed by atoms with Gasteiger partial charge in [0.2, 0.25) is 5.89 Å². The van der Waals surface area contributed by atoms with E-state index >= 15 is 0 Å². The summed E-state index contributed by atoms with van der Waals surface area (Å²) in [4.78, 5) is 18.4. The SMILES string of the molecule is COc1ccc(-c2nc(CN3CCOCC3)c(COc3ccc(C4=IOC(=O)N4)c(Cl)c3)o2)cc1. The van der Waals surface area contributed by atoms with Gasteiger partial charge in [-0.15, -0.1) is 0 Å². The zero-order chi connectivity index (χ0) is 24.2. The number of morpholine rings is 1. The Labute approximate surface area is 217 Å². The maximum Gasteiger partial charge on any atom is 0.421 e. The Morgan fingerprint density at radius 3 is 2.60 bits per heavy atom. The van der Waals surface area contributed by atoms with Crippen LogP contribution in [0.25, 0.3) is 11.5 Å². The number of carbonyl (C=O) groups excluding carboxylic acids is 1. The van der Waals surface area contributed by atoms with E-state index in [0.717, 1.165) is 39.3 Å². The molecule has 3 aromatic rings. The van der Waals surface area contributed by atoms with Crippen molar-refractivity contribution in [3.8, 4) is 23.0 Å². The molecule has 35 heavy (non-hydrogen) atoms. The van der Waals surface area contributed by atoms with Crippen LogP contribution in [0, 0.1) is 0 Å². The minimum Gasteiger partial charge on any atom is -0.497 e. The zero-order valence-corrected chi connectivity index (χ0v) is 21.8. The summed E-state index contributed by atoms with van der Waals surface area (Å²) < 4.78 is 28.7. The van der Waals surface area contributed by atoms with Crippen molar-refractivity contribution < 1.29 is 26.5 Å². The van der Waals surface area contributed by atoms with Crippen LogP contribution in [0.4, 0.5) is 4.79 Å². The summed E-state index contributed by atoms with van der Waals surface area (Å²) in [5.41, 5.74) is 2.42. The molecule has 9 nitrogen and oxygen atoms in total. The summed E-state index contributed by atoms with van der Waals surface area (Å²) in [5, 5.41) is 3.17. The van der Waals surface area contributed by atoms with Crippen molar-refractivity contribution in [2.75, 3.05) is 33.4 Å². The molecule has 2 aliphatic rings. The van der Waals surface area contributed by atoms with Gasteiger partial charge in [-0.2, -0.15) is 0 Å². The van der Waals surface area contributed by atoms with E-state index in [0.29, 0.717) is 42.2 Å². The summed E-state index contributed by atoms with van der Waals surface area (Å²) in [5.74, 6) is 2.53. The molecule has 0 atom stereocenters. The van der Waals surface area contributed by atoms with Gasteiger partial charge >= 0.3 is 6.09 Å². The number of nitrogens with one attached hydrogen (secondary N) is 1. The molecule has 0 saturated carbocycles. The highest BCUT2D eigenvalue weighted by Gasteiger charge is 2.21. The first kappa shape index (κ1) is 24.0. The van der Waals surface area contributed by atoms with E-state index in [9.17, 15) is 4.79 Å². The van der Waals surface area contributed by atoms with Crippen LogP contribution in [-0.2, 0) is 21.0 Å². The number of rotatable bonds is 8. The molecular weight excluding hydrogens is 589 g/mol. The van der Waals surface area contributed by atoms with Gasteiger partial charge in [-0.3, -0.25) is 10.2 Å². The lowest BCUT2D eigenvalue weighted by atomic mass is 10.2. The number of aromatic nitrogens is 1. The standard InChI is InChI=1S/C24H23ClIN3O6/c1-31-16-4-2-15(3-5-16)23-27-20(13-29-8-10-32-11-9-29)21(34-23)14-33-17-6-7-18(19(25)12-17)22-26-35-24(30)28-22/h2-7,12H,8-11,13-14H2,1H3,(H,28,30). The number of amides is 1. The van der Waals surface area contributed by atoms with Crippen LogP contribution in [0.2, 0.25) is 5.02 Å². The van der Waals surface area contributed by atoms with Crippen molar-refractivity contribution in [3.05, 3.63) is 64.5 Å². The van der Waals surface area contributed by atoms with Crippen molar-refractivity contribution in [2.45, 2.75) is 13.2 Å². The van der Waals surface area contributed by atoms with Gasteiger partial charge in [0.25, 0.3) is 0 Å². The van der Waals surface area contributed by atoms with Crippen molar-refractivity contribution in [3.63, 3.8) is 0 Å². The zero-order valence-electron chi connectivity index (χ0n) is 18.9. The Hall–Kier alpha value is -2.67. The highest BCUT2D eigenvalue weighted by Crippen LogP contribution is 2.29. The third-order valence-corrected chi connectivity index (χ3v) is 7.76. The number of hydrogen-bond donors (Lipinski definition) is 1. The van der Waals surface area contributed by atoms with Crippen LogP contribution >= 0.6 is 32.7 Å². The van der Waals surface area contributed by atoms with Crippen LogP contribution < -0.4 is 14.8 Å². The van der Waals surface area contributed by atoms with Gasteiger partial charge in [0.1, 0.15) is 48.6 Å². The molecule has 0 aliphatic carbocycles. The molecule has 1 saturated heterocycles. The highest BCUT2D eigenvalue weighted by atomic mass is 127. The molecular formula is C24H23ClIN3O6. The first-order chi connectivity index (χ1) is 17.1. The maximum absolute atomic E-state index is 11.3. The highest BCUT2D eigenvalue weighted by molar-refractivity contribution is 14.2. The number of oxazole rings is 1. The van der Waals surface area contributed by atoms with E-state index in [2.05, 4.69) is 10.2 Å². The van der Waals surface area contributed by atoms with E-state index in [1.165, 1.54) is 0 Å². The van der Waals surface area contributed by atoms with Gasteiger partial charge in [0, 0.05) is 30.8 Å². The van der Waals surface area contributed by atoms with E-state index in [1.54, 1.807) is 13.2 Å². The van der Waals surface area contributed by atoms with Crippen LogP contribution in [0.3, 0.4) is 0 Å². The van der Waals surface area contributed by atoms with Crippen molar-refractivity contribution in [1.29, 1.82) is 0 Å². The topological polar surface area (TPSA) is 95.3 Å². The number of halogens is 2. The van der Waals surface area contributed by atoms with Gasteiger partial charge in [0.05, 0.1) is 25.3 Å². The molecule has 1 N–H and O–H groups in total. The molecule has 184 valence electrons. The monoisotopic (exact) mass is 611 g/mol.